The van der Waals surface area contributed by atoms with Crippen LogP contribution in [0.3, 0.4) is 0 Å². The molecule has 0 atom stereocenters. The van der Waals surface area contributed by atoms with E-state index in [1.165, 1.54) is 16.0 Å². The molecule has 0 amide bonds. The van der Waals surface area contributed by atoms with Gasteiger partial charge >= 0.3 is 0 Å². The Morgan fingerprint density at radius 1 is 1.16 bits per heavy atom. The summed E-state index contributed by atoms with van der Waals surface area (Å²) in [4.78, 5) is 8.40. The van der Waals surface area contributed by atoms with Gasteiger partial charge in [0.1, 0.15) is 5.75 Å². The number of para-hydroxylation sites is 1. The first-order chi connectivity index (χ1) is 15.0. The third kappa shape index (κ3) is 5.68. The van der Waals surface area contributed by atoms with Crippen molar-refractivity contribution in [3.05, 3.63) is 49.6 Å². The highest BCUT2D eigenvalue weighted by Gasteiger charge is 2.18. The topological polar surface area (TPSA) is 98.2 Å². The van der Waals surface area contributed by atoms with Crippen molar-refractivity contribution in [3.63, 3.8) is 0 Å². The van der Waals surface area contributed by atoms with E-state index in [0.717, 1.165) is 29.3 Å². The largest absolute Gasteiger partial charge is 0.493 e. The molecule has 0 aliphatic heterocycles. The minimum atomic E-state index is 0.240. The summed E-state index contributed by atoms with van der Waals surface area (Å²) in [6.45, 7) is 10.3. The Hall–Kier alpha value is -3.24. The van der Waals surface area contributed by atoms with Crippen molar-refractivity contribution in [1.82, 2.24) is 29.9 Å². The molecule has 1 aromatic carbocycles. The summed E-state index contributed by atoms with van der Waals surface area (Å²) in [7, 11) is 4.10. The predicted molar refractivity (Wildman–Crippen MR) is 126 cm³/mol. The van der Waals surface area contributed by atoms with Gasteiger partial charge in [-0.1, -0.05) is 35.6 Å². The van der Waals surface area contributed by atoms with E-state index in [0.29, 0.717) is 30.8 Å². The molecular weight excluding hydrogens is 412 g/mol. The average molecular weight is 441 g/mol. The van der Waals surface area contributed by atoms with Gasteiger partial charge in [0.2, 0.25) is 17.0 Å². The van der Waals surface area contributed by atoms with Gasteiger partial charge in [0.05, 0.1) is 12.2 Å². The van der Waals surface area contributed by atoms with Crippen LogP contribution in [0.1, 0.15) is 6.42 Å². The molecule has 0 bridgehead atoms. The first-order valence-corrected chi connectivity index (χ1v) is 10.7. The molecule has 0 aliphatic rings. The number of nitrogen functional groups attached to an aromatic ring is 1. The van der Waals surface area contributed by atoms with E-state index in [-0.39, 0.29) is 5.95 Å². The van der Waals surface area contributed by atoms with Crippen LogP contribution in [0.5, 0.6) is 5.75 Å². The maximum atomic E-state index is 6.11. The van der Waals surface area contributed by atoms with Gasteiger partial charge in [-0.25, -0.2) is 0 Å². The molecule has 2 aromatic heterocycles. The Morgan fingerprint density at radius 3 is 2.61 bits per heavy atom. The lowest BCUT2D eigenvalue weighted by Gasteiger charge is -2.16. The second-order valence-corrected chi connectivity index (χ2v) is 8.01. The number of nitrogens with zero attached hydrogens (tertiary/aromatic N) is 7. The number of nitrogens with two attached hydrogens (primary N) is 1. The summed E-state index contributed by atoms with van der Waals surface area (Å²) in [5, 5.41) is 14.4. The second-order valence-electron chi connectivity index (χ2n) is 7.06. The standard InChI is InChI=1S/C21H28N8OS/c1-5-12-28(13-6-2)20-23-19(22)29(26-20)21-25-24-18(31-21)16-10-7-8-11-17(16)30-15-9-14-27(3)4/h5-8,10-11H,1-2,9,12-15H2,3-4H3,(H2,22,23,26). The molecule has 0 saturated heterocycles. The van der Waals surface area contributed by atoms with E-state index >= 15 is 0 Å². The third-order valence-corrected chi connectivity index (χ3v) is 5.26. The second kappa shape index (κ2) is 10.7. The highest BCUT2D eigenvalue weighted by Crippen LogP contribution is 2.33. The third-order valence-electron chi connectivity index (χ3n) is 4.32. The Morgan fingerprint density at radius 2 is 1.90 bits per heavy atom. The fourth-order valence-electron chi connectivity index (χ4n) is 2.88. The van der Waals surface area contributed by atoms with Gasteiger partial charge in [-0.3, -0.25) is 0 Å². The maximum absolute atomic E-state index is 6.11. The van der Waals surface area contributed by atoms with Crippen LogP contribution in [0, 0.1) is 0 Å². The molecule has 9 nitrogen and oxygen atoms in total. The summed E-state index contributed by atoms with van der Waals surface area (Å²) in [5.41, 5.74) is 6.99. The molecule has 164 valence electrons. The molecule has 0 unspecified atom stereocenters. The van der Waals surface area contributed by atoms with Crippen LogP contribution in [0.25, 0.3) is 15.7 Å². The van der Waals surface area contributed by atoms with E-state index in [9.17, 15) is 0 Å². The Labute approximate surface area is 186 Å². The molecule has 0 saturated carbocycles. The Bertz CT molecular complexity index is 1000. The molecule has 3 aromatic rings. The van der Waals surface area contributed by atoms with Crippen LogP contribution in [-0.4, -0.2) is 70.2 Å². The van der Waals surface area contributed by atoms with Crippen LogP contribution in [-0.2, 0) is 0 Å². The molecule has 2 heterocycles. The normalized spacial score (nSPS) is 10.9. The number of benzene rings is 1. The number of rotatable bonds is 12. The molecule has 10 heteroatoms. The van der Waals surface area contributed by atoms with Crippen molar-refractivity contribution in [2.24, 2.45) is 0 Å². The lowest BCUT2D eigenvalue weighted by molar-refractivity contribution is 0.282. The van der Waals surface area contributed by atoms with Gasteiger partial charge in [-0.15, -0.1) is 28.5 Å². The van der Waals surface area contributed by atoms with Crippen molar-refractivity contribution < 1.29 is 4.74 Å². The van der Waals surface area contributed by atoms with Crippen LogP contribution in [0.4, 0.5) is 11.9 Å². The van der Waals surface area contributed by atoms with Crippen LogP contribution < -0.4 is 15.4 Å². The number of aromatic nitrogens is 5. The van der Waals surface area contributed by atoms with Gasteiger partial charge < -0.3 is 20.3 Å². The SMILES string of the molecule is C=CCN(CC=C)c1nc(N)n(-c2nnc(-c3ccccc3OCCCN(C)C)s2)n1. The minimum absolute atomic E-state index is 0.240. The zero-order chi connectivity index (χ0) is 22.2. The van der Waals surface area contributed by atoms with Crippen molar-refractivity contribution in [3.8, 4) is 21.5 Å². The number of hydrogen-bond donors (Lipinski definition) is 1. The van der Waals surface area contributed by atoms with Crippen LogP contribution in [0.15, 0.2) is 49.6 Å². The molecule has 0 aliphatic carbocycles. The number of ether oxygens (including phenoxy) is 1. The summed E-state index contributed by atoms with van der Waals surface area (Å²) in [5.74, 6) is 1.50. The minimum Gasteiger partial charge on any atom is -0.493 e. The number of anilines is 2. The Balaban J connectivity index is 1.81. The molecule has 0 spiro atoms. The predicted octanol–water partition coefficient (Wildman–Crippen LogP) is 2.88. The molecular formula is C21H28N8OS. The Kier molecular flexibility index (Phi) is 7.74. The van der Waals surface area contributed by atoms with Crippen LogP contribution in [0.2, 0.25) is 0 Å². The fourth-order valence-corrected chi connectivity index (χ4v) is 3.71. The summed E-state index contributed by atoms with van der Waals surface area (Å²) >= 11 is 1.37. The van der Waals surface area contributed by atoms with E-state index in [1.807, 2.05) is 43.3 Å². The lowest BCUT2D eigenvalue weighted by Crippen LogP contribution is -2.24. The van der Waals surface area contributed by atoms with Gasteiger partial charge in [0, 0.05) is 19.6 Å². The maximum Gasteiger partial charge on any atom is 0.247 e. The van der Waals surface area contributed by atoms with Crippen molar-refractivity contribution in [2.75, 3.05) is 51.0 Å². The molecule has 0 radical (unpaired) electrons. The monoisotopic (exact) mass is 440 g/mol. The van der Waals surface area contributed by atoms with Crippen LogP contribution >= 0.6 is 11.3 Å². The summed E-state index contributed by atoms with van der Waals surface area (Å²) < 4.78 is 7.49. The zero-order valence-corrected chi connectivity index (χ0v) is 18.8. The van der Waals surface area contributed by atoms with Gasteiger partial charge in [-0.2, -0.15) is 9.67 Å². The van der Waals surface area contributed by atoms with E-state index in [4.69, 9.17) is 10.5 Å². The van der Waals surface area contributed by atoms with Crippen molar-refractivity contribution in [2.45, 2.75) is 6.42 Å². The summed E-state index contributed by atoms with van der Waals surface area (Å²) in [6.07, 6.45) is 4.49. The lowest BCUT2D eigenvalue weighted by atomic mass is 10.2. The van der Waals surface area contributed by atoms with E-state index < -0.39 is 0 Å². The first-order valence-electron chi connectivity index (χ1n) is 9.93. The van der Waals surface area contributed by atoms with Gasteiger partial charge in [0.25, 0.3) is 0 Å². The quantitative estimate of drug-likeness (QED) is 0.339. The number of hydrogen-bond acceptors (Lipinski definition) is 9. The molecule has 0 fully saturated rings. The summed E-state index contributed by atoms with van der Waals surface area (Å²) in [6, 6.07) is 7.81. The fraction of sp³-hybridized carbons (Fsp3) is 0.333. The molecule has 3 rings (SSSR count). The smallest absolute Gasteiger partial charge is 0.247 e. The zero-order valence-electron chi connectivity index (χ0n) is 17.9. The molecule has 2 N–H and O–H groups in total. The van der Waals surface area contributed by atoms with E-state index in [2.05, 4.69) is 38.3 Å². The van der Waals surface area contributed by atoms with Gasteiger partial charge in [-0.05, 0) is 32.6 Å². The van der Waals surface area contributed by atoms with Crippen molar-refractivity contribution in [1.29, 1.82) is 0 Å². The first kappa shape index (κ1) is 22.4. The highest BCUT2D eigenvalue weighted by atomic mass is 32.1. The van der Waals surface area contributed by atoms with Gasteiger partial charge in [0.15, 0.2) is 5.01 Å². The van der Waals surface area contributed by atoms with E-state index in [1.54, 1.807) is 12.2 Å². The molecule has 31 heavy (non-hydrogen) atoms. The van der Waals surface area contributed by atoms with Crippen molar-refractivity contribution >= 4 is 23.2 Å². The average Bonchev–Trinajstić information content (AvgIpc) is 3.38. The highest BCUT2D eigenvalue weighted by molar-refractivity contribution is 7.17.